The Balaban J connectivity index is 1.36. The maximum absolute atomic E-state index is 12.9. The van der Waals surface area contributed by atoms with E-state index in [0.29, 0.717) is 25.8 Å². The minimum atomic E-state index is -0.246. The van der Waals surface area contributed by atoms with Crippen LogP contribution in [0.1, 0.15) is 24.0 Å². The molecule has 130 valence electrons. The summed E-state index contributed by atoms with van der Waals surface area (Å²) in [5.41, 5.74) is 3.06. The number of halogens is 1. The van der Waals surface area contributed by atoms with Gasteiger partial charge in [-0.2, -0.15) is 0 Å². The van der Waals surface area contributed by atoms with E-state index < -0.39 is 0 Å². The van der Waals surface area contributed by atoms with Crippen LogP contribution >= 0.6 is 0 Å². The number of amides is 1. The number of benzene rings is 2. The molecule has 4 nitrogen and oxygen atoms in total. The summed E-state index contributed by atoms with van der Waals surface area (Å²) in [7, 11) is 0. The van der Waals surface area contributed by atoms with Gasteiger partial charge in [0.1, 0.15) is 11.9 Å². The van der Waals surface area contributed by atoms with E-state index in [1.807, 2.05) is 30.3 Å². The summed E-state index contributed by atoms with van der Waals surface area (Å²) in [5.74, 6) is -0.233. The van der Waals surface area contributed by atoms with Crippen LogP contribution in [0, 0.1) is 5.82 Å². The van der Waals surface area contributed by atoms with Gasteiger partial charge >= 0.3 is 0 Å². The van der Waals surface area contributed by atoms with Gasteiger partial charge in [-0.05, 0) is 29.7 Å². The second-order valence-corrected chi connectivity index (χ2v) is 6.18. The topological polar surface area (TPSA) is 50.7 Å². The van der Waals surface area contributed by atoms with E-state index in [9.17, 15) is 9.18 Å². The summed E-state index contributed by atoms with van der Waals surface area (Å²) in [6, 6.07) is 16.3. The summed E-state index contributed by atoms with van der Waals surface area (Å²) >= 11 is 0. The third-order valence-corrected chi connectivity index (χ3v) is 4.13. The van der Waals surface area contributed by atoms with Crippen molar-refractivity contribution in [1.82, 2.24) is 5.32 Å². The maximum Gasteiger partial charge on any atom is 0.220 e. The fourth-order valence-corrected chi connectivity index (χ4v) is 2.76. The third-order valence-electron chi connectivity index (χ3n) is 4.13. The number of nitrogens with one attached hydrogen (secondary N) is 1. The van der Waals surface area contributed by atoms with Gasteiger partial charge in [-0.1, -0.05) is 47.6 Å². The lowest BCUT2D eigenvalue weighted by atomic mass is 10.0. The van der Waals surface area contributed by atoms with Crippen molar-refractivity contribution in [1.29, 1.82) is 0 Å². The highest BCUT2D eigenvalue weighted by atomic mass is 19.1. The molecule has 2 aromatic rings. The van der Waals surface area contributed by atoms with Crippen LogP contribution in [0.3, 0.4) is 0 Å². The Bertz CT molecular complexity index is 729. The molecule has 0 aromatic heterocycles. The van der Waals surface area contributed by atoms with E-state index in [0.717, 1.165) is 23.3 Å². The molecule has 1 aliphatic heterocycles. The summed E-state index contributed by atoms with van der Waals surface area (Å²) < 4.78 is 12.9. The molecule has 25 heavy (non-hydrogen) atoms. The molecule has 0 spiro atoms. The zero-order chi connectivity index (χ0) is 17.5. The first-order valence-corrected chi connectivity index (χ1v) is 8.45. The van der Waals surface area contributed by atoms with E-state index in [-0.39, 0.29) is 17.8 Å². The number of aryl methyl sites for hydroxylation is 1. The number of carbonyl (C=O) groups is 1. The molecule has 0 aliphatic carbocycles. The van der Waals surface area contributed by atoms with Crippen LogP contribution in [0.4, 0.5) is 4.39 Å². The van der Waals surface area contributed by atoms with Crippen LogP contribution < -0.4 is 5.32 Å². The molecular formula is C20H21FN2O2. The number of rotatable bonds is 7. The standard InChI is InChI=1S/C20H21FN2O2/c21-17-9-6-16(7-10-17)12-18-13-19(25-23-18)14-22-20(24)11-8-15-4-2-1-3-5-15/h1-7,9-10,19H,8,11-14H2,(H,22,24)/t19-/m0/s1. The molecule has 1 aliphatic rings. The maximum atomic E-state index is 12.9. The lowest BCUT2D eigenvalue weighted by molar-refractivity contribution is -0.121. The highest BCUT2D eigenvalue weighted by Gasteiger charge is 2.21. The molecule has 0 bridgehead atoms. The van der Waals surface area contributed by atoms with Crippen molar-refractivity contribution in [3.05, 3.63) is 71.5 Å². The molecule has 1 atom stereocenters. The number of hydrogen-bond donors (Lipinski definition) is 1. The molecule has 1 amide bonds. The monoisotopic (exact) mass is 340 g/mol. The van der Waals surface area contributed by atoms with Crippen molar-refractivity contribution in [2.45, 2.75) is 31.8 Å². The summed E-state index contributed by atoms with van der Waals surface area (Å²) in [5, 5.41) is 6.98. The van der Waals surface area contributed by atoms with Crippen molar-refractivity contribution in [2.24, 2.45) is 5.16 Å². The van der Waals surface area contributed by atoms with Crippen molar-refractivity contribution >= 4 is 11.6 Å². The van der Waals surface area contributed by atoms with E-state index in [4.69, 9.17) is 4.84 Å². The Hall–Kier alpha value is -2.69. The fraction of sp³-hybridized carbons (Fsp3) is 0.300. The highest BCUT2D eigenvalue weighted by Crippen LogP contribution is 2.14. The molecular weight excluding hydrogens is 319 g/mol. The number of nitrogens with zero attached hydrogens (tertiary/aromatic N) is 1. The molecule has 0 saturated heterocycles. The quantitative estimate of drug-likeness (QED) is 0.841. The molecule has 0 saturated carbocycles. The van der Waals surface area contributed by atoms with Gasteiger partial charge in [0.2, 0.25) is 5.91 Å². The molecule has 0 radical (unpaired) electrons. The first-order valence-electron chi connectivity index (χ1n) is 8.45. The summed E-state index contributed by atoms with van der Waals surface area (Å²) in [6.45, 7) is 0.448. The van der Waals surface area contributed by atoms with Gasteiger partial charge in [0.15, 0.2) is 0 Å². The van der Waals surface area contributed by atoms with Gasteiger partial charge in [0.05, 0.1) is 12.3 Å². The zero-order valence-electron chi connectivity index (χ0n) is 14.0. The Morgan fingerprint density at radius 3 is 2.64 bits per heavy atom. The van der Waals surface area contributed by atoms with E-state index in [1.54, 1.807) is 12.1 Å². The minimum absolute atomic E-state index is 0.0134. The normalized spacial score (nSPS) is 16.2. The molecule has 1 N–H and O–H groups in total. The van der Waals surface area contributed by atoms with E-state index in [2.05, 4.69) is 10.5 Å². The lowest BCUT2D eigenvalue weighted by Gasteiger charge is -2.10. The molecule has 3 rings (SSSR count). The van der Waals surface area contributed by atoms with Crippen molar-refractivity contribution in [3.63, 3.8) is 0 Å². The van der Waals surface area contributed by atoms with Crippen LogP contribution in [0.15, 0.2) is 59.8 Å². The Kier molecular flexibility index (Phi) is 5.77. The summed E-state index contributed by atoms with van der Waals surface area (Å²) in [4.78, 5) is 17.3. The molecule has 2 aromatic carbocycles. The first-order chi connectivity index (χ1) is 12.2. The average Bonchev–Trinajstić information content (AvgIpc) is 3.08. The third kappa shape index (κ3) is 5.41. The number of oxime groups is 1. The lowest BCUT2D eigenvalue weighted by Crippen LogP contribution is -2.32. The SMILES string of the molecule is O=C(CCc1ccccc1)NC[C@@H]1CC(Cc2ccc(F)cc2)=NO1. The van der Waals surface area contributed by atoms with Gasteiger partial charge < -0.3 is 10.2 Å². The molecule has 0 unspecified atom stereocenters. The zero-order valence-corrected chi connectivity index (χ0v) is 14.0. The van der Waals surface area contributed by atoms with Gasteiger partial charge in [0.25, 0.3) is 0 Å². The minimum Gasteiger partial charge on any atom is -0.390 e. The predicted octanol–water partition coefficient (Wildman–Crippen LogP) is 3.26. The van der Waals surface area contributed by atoms with Gasteiger partial charge in [-0.3, -0.25) is 4.79 Å². The van der Waals surface area contributed by atoms with Crippen molar-refractivity contribution in [3.8, 4) is 0 Å². The highest BCUT2D eigenvalue weighted by molar-refractivity contribution is 5.87. The number of carbonyl (C=O) groups excluding carboxylic acids is 1. The average molecular weight is 340 g/mol. The Morgan fingerprint density at radius 1 is 1.12 bits per heavy atom. The molecule has 5 heteroatoms. The van der Waals surface area contributed by atoms with Gasteiger partial charge in [-0.25, -0.2) is 4.39 Å². The largest absolute Gasteiger partial charge is 0.390 e. The molecule has 1 heterocycles. The Morgan fingerprint density at radius 2 is 1.88 bits per heavy atom. The van der Waals surface area contributed by atoms with Crippen LogP contribution in [0.5, 0.6) is 0 Å². The van der Waals surface area contributed by atoms with Crippen molar-refractivity contribution in [2.75, 3.05) is 6.54 Å². The fourth-order valence-electron chi connectivity index (χ4n) is 2.76. The smallest absolute Gasteiger partial charge is 0.220 e. The second-order valence-electron chi connectivity index (χ2n) is 6.18. The second kappa shape index (κ2) is 8.42. The Labute approximate surface area is 146 Å². The van der Waals surface area contributed by atoms with Crippen LogP contribution in [0.25, 0.3) is 0 Å². The predicted molar refractivity (Wildman–Crippen MR) is 94.8 cm³/mol. The first kappa shape index (κ1) is 17.1. The van der Waals surface area contributed by atoms with E-state index in [1.165, 1.54) is 12.1 Å². The van der Waals surface area contributed by atoms with Crippen LogP contribution in [-0.2, 0) is 22.5 Å². The van der Waals surface area contributed by atoms with Gasteiger partial charge in [0, 0.05) is 19.3 Å². The van der Waals surface area contributed by atoms with Crippen LogP contribution in [0.2, 0.25) is 0 Å². The van der Waals surface area contributed by atoms with E-state index >= 15 is 0 Å². The number of hydrogen-bond acceptors (Lipinski definition) is 3. The van der Waals surface area contributed by atoms with Gasteiger partial charge in [-0.15, -0.1) is 0 Å². The molecule has 0 fully saturated rings. The summed E-state index contributed by atoms with van der Waals surface area (Å²) in [6.07, 6.45) is 2.37. The van der Waals surface area contributed by atoms with Crippen molar-refractivity contribution < 1.29 is 14.0 Å². The van der Waals surface area contributed by atoms with Crippen LogP contribution in [-0.4, -0.2) is 24.3 Å².